The molecule has 1 aromatic heterocycles. The van der Waals surface area contributed by atoms with Gasteiger partial charge >= 0.3 is 0 Å². The van der Waals surface area contributed by atoms with Gasteiger partial charge < -0.3 is 14.4 Å². The Morgan fingerprint density at radius 3 is 2.68 bits per heavy atom. The average molecular weight is 299 g/mol. The maximum absolute atomic E-state index is 12.4. The first-order valence-electron chi connectivity index (χ1n) is 6.97. The summed E-state index contributed by atoms with van der Waals surface area (Å²) >= 11 is 0. The Hall–Kier alpha value is -2.83. The minimum Gasteiger partial charge on any atom is -0.454 e. The number of hydrogen-bond donors (Lipinski definition) is 1. The van der Waals surface area contributed by atoms with Crippen molar-refractivity contribution in [2.45, 2.75) is 13.0 Å². The molecule has 7 heteroatoms. The number of aromatic amines is 1. The summed E-state index contributed by atoms with van der Waals surface area (Å²) in [6.45, 7) is 1.33. The molecule has 2 aliphatic rings. The first-order valence-corrected chi connectivity index (χ1v) is 6.97. The number of carbonyl (C=O) groups is 1. The zero-order chi connectivity index (χ0) is 15.1. The predicted molar refractivity (Wildman–Crippen MR) is 75.9 cm³/mol. The van der Waals surface area contributed by atoms with Crippen LogP contribution in [0.25, 0.3) is 0 Å². The third-order valence-corrected chi connectivity index (χ3v) is 3.89. The Kier molecular flexibility index (Phi) is 2.85. The number of benzene rings is 1. The van der Waals surface area contributed by atoms with Gasteiger partial charge in [0, 0.05) is 19.2 Å². The van der Waals surface area contributed by atoms with Gasteiger partial charge in [-0.05, 0) is 35.7 Å². The van der Waals surface area contributed by atoms with Crippen LogP contribution in [0.3, 0.4) is 0 Å². The van der Waals surface area contributed by atoms with E-state index in [1.807, 2.05) is 12.1 Å². The lowest BCUT2D eigenvalue weighted by Gasteiger charge is -2.28. The van der Waals surface area contributed by atoms with Gasteiger partial charge in [-0.15, -0.1) is 0 Å². The number of nitrogens with zero attached hydrogens (tertiary/aromatic N) is 2. The number of aromatic nitrogens is 2. The van der Waals surface area contributed by atoms with Crippen molar-refractivity contribution in [1.82, 2.24) is 15.1 Å². The SMILES string of the molecule is O=C(c1ccc(=O)[nH]n1)N1CCc2cc3c(cc2C1)OCO3. The molecule has 0 radical (unpaired) electrons. The second-order valence-corrected chi connectivity index (χ2v) is 5.26. The number of nitrogens with one attached hydrogen (secondary N) is 1. The average Bonchev–Trinajstić information content (AvgIpc) is 2.99. The van der Waals surface area contributed by atoms with Gasteiger partial charge in [0.15, 0.2) is 11.5 Å². The van der Waals surface area contributed by atoms with Crippen LogP contribution in [0.1, 0.15) is 21.6 Å². The Bertz CT molecular complexity index is 794. The molecule has 1 N–H and O–H groups in total. The number of fused-ring (bicyclic) bond motifs is 2. The second-order valence-electron chi connectivity index (χ2n) is 5.26. The molecule has 2 aromatic rings. The number of hydrogen-bond acceptors (Lipinski definition) is 5. The van der Waals surface area contributed by atoms with Crippen LogP contribution in [0.5, 0.6) is 11.5 Å². The minimum absolute atomic E-state index is 0.195. The molecule has 112 valence electrons. The van der Waals surface area contributed by atoms with E-state index in [9.17, 15) is 9.59 Å². The smallest absolute Gasteiger partial charge is 0.274 e. The summed E-state index contributed by atoms with van der Waals surface area (Å²) < 4.78 is 10.8. The van der Waals surface area contributed by atoms with E-state index in [1.165, 1.54) is 17.7 Å². The summed E-state index contributed by atoms with van der Waals surface area (Å²) in [5.41, 5.74) is 2.13. The highest BCUT2D eigenvalue weighted by Crippen LogP contribution is 2.36. The van der Waals surface area contributed by atoms with Crippen LogP contribution in [0, 0.1) is 0 Å². The van der Waals surface area contributed by atoms with Crippen LogP contribution in [-0.4, -0.2) is 34.3 Å². The van der Waals surface area contributed by atoms with Crippen molar-refractivity contribution < 1.29 is 14.3 Å². The molecule has 0 bridgehead atoms. The number of amides is 1. The van der Waals surface area contributed by atoms with E-state index in [2.05, 4.69) is 10.2 Å². The highest BCUT2D eigenvalue weighted by atomic mass is 16.7. The van der Waals surface area contributed by atoms with Gasteiger partial charge in [0.05, 0.1) is 0 Å². The third-order valence-electron chi connectivity index (χ3n) is 3.89. The number of rotatable bonds is 1. The standard InChI is InChI=1S/C15H13N3O4/c19-14-2-1-11(16-17-14)15(20)18-4-3-9-5-12-13(22-8-21-12)6-10(9)7-18/h1-2,5-6H,3-4,7-8H2,(H,17,19). The van der Waals surface area contributed by atoms with E-state index >= 15 is 0 Å². The quantitative estimate of drug-likeness (QED) is 0.838. The maximum atomic E-state index is 12.4. The largest absolute Gasteiger partial charge is 0.454 e. The molecule has 7 nitrogen and oxygen atoms in total. The van der Waals surface area contributed by atoms with Gasteiger partial charge in [0.1, 0.15) is 5.69 Å². The summed E-state index contributed by atoms with van der Waals surface area (Å²) in [5.74, 6) is 1.29. The number of ether oxygens (including phenoxy) is 2. The Balaban J connectivity index is 1.60. The zero-order valence-corrected chi connectivity index (χ0v) is 11.7. The van der Waals surface area contributed by atoms with Crippen LogP contribution in [0.2, 0.25) is 0 Å². The van der Waals surface area contributed by atoms with Crippen molar-refractivity contribution in [2.75, 3.05) is 13.3 Å². The lowest BCUT2D eigenvalue weighted by Crippen LogP contribution is -2.36. The zero-order valence-electron chi connectivity index (χ0n) is 11.7. The molecule has 1 aromatic carbocycles. The number of H-pyrrole nitrogens is 1. The molecule has 4 rings (SSSR count). The van der Waals surface area contributed by atoms with Gasteiger partial charge in [-0.25, -0.2) is 5.10 Å². The minimum atomic E-state index is -0.326. The van der Waals surface area contributed by atoms with Gasteiger partial charge in [-0.2, -0.15) is 5.10 Å². The fraction of sp³-hybridized carbons (Fsp3) is 0.267. The summed E-state index contributed by atoms with van der Waals surface area (Å²) in [6.07, 6.45) is 0.751. The van der Waals surface area contributed by atoms with Crippen LogP contribution in [0.15, 0.2) is 29.1 Å². The van der Waals surface area contributed by atoms with Crippen molar-refractivity contribution in [1.29, 1.82) is 0 Å². The third kappa shape index (κ3) is 2.11. The topological polar surface area (TPSA) is 84.5 Å². The Labute approximate surface area is 125 Å². The van der Waals surface area contributed by atoms with Gasteiger partial charge in [0.25, 0.3) is 11.5 Å². The molecule has 0 unspecified atom stereocenters. The first-order chi connectivity index (χ1) is 10.7. The first kappa shape index (κ1) is 12.9. The highest BCUT2D eigenvalue weighted by Gasteiger charge is 2.25. The molecular weight excluding hydrogens is 286 g/mol. The second kappa shape index (κ2) is 4.87. The summed E-state index contributed by atoms with van der Waals surface area (Å²) in [4.78, 5) is 25.2. The monoisotopic (exact) mass is 299 g/mol. The molecular formula is C15H13N3O4. The molecule has 0 saturated carbocycles. The van der Waals surface area contributed by atoms with E-state index in [0.29, 0.717) is 13.1 Å². The molecule has 0 saturated heterocycles. The van der Waals surface area contributed by atoms with Crippen LogP contribution >= 0.6 is 0 Å². The van der Waals surface area contributed by atoms with Crippen molar-refractivity contribution in [3.8, 4) is 11.5 Å². The van der Waals surface area contributed by atoms with Crippen molar-refractivity contribution >= 4 is 5.91 Å². The van der Waals surface area contributed by atoms with Crippen LogP contribution in [-0.2, 0) is 13.0 Å². The molecule has 0 atom stereocenters. The fourth-order valence-electron chi connectivity index (χ4n) is 2.75. The lowest BCUT2D eigenvalue weighted by molar-refractivity contribution is 0.0727. The van der Waals surface area contributed by atoms with E-state index < -0.39 is 0 Å². The molecule has 22 heavy (non-hydrogen) atoms. The normalized spacial score (nSPS) is 15.5. The van der Waals surface area contributed by atoms with Gasteiger partial charge in [0.2, 0.25) is 6.79 Å². The van der Waals surface area contributed by atoms with Crippen LogP contribution in [0.4, 0.5) is 0 Å². The van der Waals surface area contributed by atoms with Crippen molar-refractivity contribution in [3.63, 3.8) is 0 Å². The number of carbonyl (C=O) groups excluding carboxylic acids is 1. The van der Waals surface area contributed by atoms with Gasteiger partial charge in [-0.1, -0.05) is 0 Å². The fourth-order valence-corrected chi connectivity index (χ4v) is 2.75. The van der Waals surface area contributed by atoms with E-state index in [0.717, 1.165) is 23.5 Å². The summed E-state index contributed by atoms with van der Waals surface area (Å²) in [6, 6.07) is 6.65. The predicted octanol–water partition coefficient (Wildman–Crippen LogP) is 0.697. The van der Waals surface area contributed by atoms with Gasteiger partial charge in [-0.3, -0.25) is 9.59 Å². The summed E-state index contributed by atoms with van der Waals surface area (Å²) in [5, 5.41) is 6.08. The molecule has 1 amide bonds. The summed E-state index contributed by atoms with van der Waals surface area (Å²) in [7, 11) is 0. The Morgan fingerprint density at radius 1 is 1.18 bits per heavy atom. The van der Waals surface area contributed by atoms with E-state index in [-0.39, 0.29) is 24.0 Å². The van der Waals surface area contributed by atoms with E-state index in [4.69, 9.17) is 9.47 Å². The van der Waals surface area contributed by atoms with Crippen molar-refractivity contribution in [3.05, 3.63) is 51.4 Å². The molecule has 0 spiro atoms. The lowest BCUT2D eigenvalue weighted by atomic mass is 9.98. The van der Waals surface area contributed by atoms with Crippen molar-refractivity contribution in [2.24, 2.45) is 0 Å². The van der Waals surface area contributed by atoms with Crippen LogP contribution < -0.4 is 15.0 Å². The molecule has 3 heterocycles. The molecule has 0 aliphatic carbocycles. The molecule has 2 aliphatic heterocycles. The molecule has 0 fully saturated rings. The van der Waals surface area contributed by atoms with E-state index in [1.54, 1.807) is 4.90 Å². The highest BCUT2D eigenvalue weighted by molar-refractivity contribution is 5.92. The maximum Gasteiger partial charge on any atom is 0.274 e. The Morgan fingerprint density at radius 2 is 1.95 bits per heavy atom.